The maximum atomic E-state index is 14.0. The number of hydrogen-bond donors (Lipinski definition) is 2. The second-order valence-corrected chi connectivity index (χ2v) is 13.4. The number of ether oxygens (including phenoxy) is 1. The number of carboxylic acids is 1. The number of aliphatic carboxylic acids is 1. The van der Waals surface area contributed by atoms with Gasteiger partial charge in [-0.2, -0.15) is 0 Å². The van der Waals surface area contributed by atoms with Crippen LogP contribution < -0.4 is 10.2 Å². The molecule has 0 saturated carbocycles. The highest BCUT2D eigenvalue weighted by Crippen LogP contribution is 2.37. The number of piperazine rings is 1. The lowest BCUT2D eigenvalue weighted by molar-refractivity contribution is -0.142. The highest BCUT2D eigenvalue weighted by molar-refractivity contribution is 7.11. The van der Waals surface area contributed by atoms with Crippen LogP contribution in [0.4, 0.5) is 14.9 Å². The number of halogens is 2. The van der Waals surface area contributed by atoms with Gasteiger partial charge >= 0.3 is 18.0 Å². The molecule has 0 radical (unpaired) electrons. The number of amides is 2. The number of carbonyl (C=O) groups excluding carboxylic acids is 2. The van der Waals surface area contributed by atoms with E-state index in [1.807, 2.05) is 10.3 Å². The number of urea groups is 1. The molecular formula is C33H34ClFN6O5S. The normalized spacial score (nSPS) is 20.2. The third-order valence-electron chi connectivity index (χ3n) is 8.77. The molecule has 2 N–H and O–H groups in total. The van der Waals surface area contributed by atoms with Crippen LogP contribution in [0.25, 0.3) is 0 Å². The molecule has 3 aliphatic heterocycles. The monoisotopic (exact) mass is 680 g/mol. The van der Waals surface area contributed by atoms with Crippen molar-refractivity contribution in [2.75, 3.05) is 44.2 Å². The number of rotatable bonds is 9. The highest BCUT2D eigenvalue weighted by atomic mass is 35.5. The van der Waals surface area contributed by atoms with E-state index < -0.39 is 29.2 Å². The minimum absolute atomic E-state index is 0.105. The average Bonchev–Trinajstić information content (AvgIpc) is 3.69. The Morgan fingerprint density at radius 2 is 1.94 bits per heavy atom. The number of esters is 1. The van der Waals surface area contributed by atoms with Crippen molar-refractivity contribution in [3.05, 3.63) is 92.3 Å². The fraction of sp³-hybridized carbons (Fsp3) is 0.364. The summed E-state index contributed by atoms with van der Waals surface area (Å²) >= 11 is 7.90. The molecule has 3 aliphatic rings. The van der Waals surface area contributed by atoms with Crippen molar-refractivity contribution in [1.82, 2.24) is 20.1 Å². The zero-order chi connectivity index (χ0) is 33.5. The molecular weight excluding hydrogens is 647 g/mol. The molecule has 2 atom stereocenters. The Bertz CT molecular complexity index is 1760. The molecule has 47 heavy (non-hydrogen) atoms. The zero-order valence-electron chi connectivity index (χ0n) is 26.1. The first-order valence-corrected chi connectivity index (χ1v) is 16.5. The molecule has 2 saturated heterocycles. The third-order valence-corrected chi connectivity index (χ3v) is 9.87. The number of aliphatic imine (C=N–C) groups is 1. The van der Waals surface area contributed by atoms with Crippen LogP contribution in [0.1, 0.15) is 42.9 Å². The molecule has 3 aromatic rings. The first kappa shape index (κ1) is 32.6. The Labute approximate surface area is 280 Å². The SMILES string of the molecule is CCOC(=O)C1=C(CN2CCN3C(=O)N(c4ccc(C(C)(C)C(=O)O)cc4)C[C@@H]3C2)NC(c2nccs2)=N[C@H]1c1ccc(F)cc1Cl. The molecule has 0 unspecified atom stereocenters. The quantitative estimate of drug-likeness (QED) is 0.308. The lowest BCUT2D eigenvalue weighted by Gasteiger charge is -2.38. The van der Waals surface area contributed by atoms with Gasteiger partial charge in [0.15, 0.2) is 10.8 Å². The van der Waals surface area contributed by atoms with Crippen molar-refractivity contribution in [3.8, 4) is 0 Å². The van der Waals surface area contributed by atoms with Gasteiger partial charge in [-0.3, -0.25) is 19.6 Å². The molecule has 4 heterocycles. The van der Waals surface area contributed by atoms with Gasteiger partial charge in [-0.15, -0.1) is 11.3 Å². The molecule has 11 nitrogen and oxygen atoms in total. The van der Waals surface area contributed by atoms with E-state index in [-0.39, 0.29) is 29.3 Å². The summed E-state index contributed by atoms with van der Waals surface area (Å²) in [7, 11) is 0. The number of carboxylic acid groups (broad SMARTS) is 1. The van der Waals surface area contributed by atoms with Gasteiger partial charge in [0.1, 0.15) is 11.9 Å². The number of nitrogens with one attached hydrogen (secondary N) is 1. The first-order chi connectivity index (χ1) is 22.5. The minimum atomic E-state index is -1.05. The van der Waals surface area contributed by atoms with Crippen LogP contribution in [0.5, 0.6) is 0 Å². The van der Waals surface area contributed by atoms with Gasteiger partial charge in [0.2, 0.25) is 0 Å². The highest BCUT2D eigenvalue weighted by Gasteiger charge is 2.42. The fourth-order valence-corrected chi connectivity index (χ4v) is 6.96. The topological polar surface area (TPSA) is 128 Å². The average molecular weight is 681 g/mol. The predicted molar refractivity (Wildman–Crippen MR) is 176 cm³/mol. The van der Waals surface area contributed by atoms with Gasteiger partial charge < -0.3 is 20.1 Å². The maximum absolute atomic E-state index is 14.0. The molecule has 0 spiro atoms. The molecule has 2 fully saturated rings. The van der Waals surface area contributed by atoms with E-state index in [2.05, 4.69) is 15.2 Å². The summed E-state index contributed by atoms with van der Waals surface area (Å²) in [5.41, 5.74) is 1.60. The van der Waals surface area contributed by atoms with Gasteiger partial charge in [0.05, 0.1) is 23.6 Å². The number of carbonyl (C=O) groups is 3. The van der Waals surface area contributed by atoms with E-state index in [0.29, 0.717) is 66.1 Å². The largest absolute Gasteiger partial charge is 0.481 e. The Balaban J connectivity index is 1.27. The summed E-state index contributed by atoms with van der Waals surface area (Å²) in [6.07, 6.45) is 1.66. The molecule has 14 heteroatoms. The fourth-order valence-electron chi connectivity index (χ4n) is 6.10. The van der Waals surface area contributed by atoms with Crippen molar-refractivity contribution < 1.29 is 28.6 Å². The molecule has 1 aromatic heterocycles. The Morgan fingerprint density at radius 3 is 2.60 bits per heavy atom. The van der Waals surface area contributed by atoms with Crippen molar-refractivity contribution in [3.63, 3.8) is 0 Å². The zero-order valence-corrected chi connectivity index (χ0v) is 27.6. The summed E-state index contributed by atoms with van der Waals surface area (Å²) in [5.74, 6) is -1.52. The second kappa shape index (κ2) is 13.1. The van der Waals surface area contributed by atoms with Gasteiger partial charge in [-0.25, -0.2) is 19.0 Å². The summed E-state index contributed by atoms with van der Waals surface area (Å²) in [4.78, 5) is 53.7. The van der Waals surface area contributed by atoms with Crippen LogP contribution in [0.2, 0.25) is 5.02 Å². The van der Waals surface area contributed by atoms with Crippen LogP contribution in [0.15, 0.2) is 70.3 Å². The van der Waals surface area contributed by atoms with E-state index in [1.165, 1.54) is 29.5 Å². The summed E-state index contributed by atoms with van der Waals surface area (Å²) in [5, 5.41) is 15.5. The Hall–Kier alpha value is -4.33. The summed E-state index contributed by atoms with van der Waals surface area (Å²) in [6.45, 7) is 7.51. The maximum Gasteiger partial charge on any atom is 0.338 e. The molecule has 2 aromatic carbocycles. The van der Waals surface area contributed by atoms with E-state index in [1.54, 1.807) is 56.1 Å². The van der Waals surface area contributed by atoms with E-state index in [4.69, 9.17) is 21.3 Å². The van der Waals surface area contributed by atoms with Gasteiger partial charge in [-0.1, -0.05) is 29.8 Å². The van der Waals surface area contributed by atoms with Crippen LogP contribution in [-0.4, -0.2) is 89.1 Å². The Kier molecular flexibility index (Phi) is 9.05. The van der Waals surface area contributed by atoms with Crippen LogP contribution in [-0.2, 0) is 19.7 Å². The van der Waals surface area contributed by atoms with E-state index in [9.17, 15) is 23.9 Å². The third kappa shape index (κ3) is 6.34. The standard InChI is InChI=1S/C33H34ClFN6O5S/c1-4-46-30(42)26-25(37-28(29-36-11-14-47-29)38-27(26)23-10-7-20(35)15-24(23)34)18-39-12-13-40-22(16-39)17-41(32(40)45)21-8-5-19(6-9-21)33(2,3)31(43)44/h5-11,14-15,22,27H,4,12-13,16-18H2,1-3H3,(H,37,38)(H,43,44)/t22-,27-/m0/s1. The van der Waals surface area contributed by atoms with E-state index >= 15 is 0 Å². The van der Waals surface area contributed by atoms with Crippen LogP contribution in [0, 0.1) is 5.82 Å². The van der Waals surface area contributed by atoms with Crippen molar-refractivity contribution in [2.24, 2.45) is 4.99 Å². The van der Waals surface area contributed by atoms with Crippen molar-refractivity contribution in [1.29, 1.82) is 0 Å². The number of hydrogen-bond acceptors (Lipinski definition) is 9. The number of anilines is 1. The molecule has 0 aliphatic carbocycles. The van der Waals surface area contributed by atoms with Gasteiger partial charge in [0, 0.05) is 66.3 Å². The number of thiazole rings is 1. The number of benzene rings is 2. The number of fused-ring (bicyclic) bond motifs is 1. The number of aromatic nitrogens is 1. The lowest BCUT2D eigenvalue weighted by Crippen LogP contribution is -2.53. The van der Waals surface area contributed by atoms with Crippen LogP contribution in [0.3, 0.4) is 0 Å². The molecule has 246 valence electrons. The van der Waals surface area contributed by atoms with Crippen molar-refractivity contribution >= 4 is 52.4 Å². The molecule has 6 rings (SSSR count). The number of nitrogens with zero attached hydrogens (tertiary/aromatic N) is 5. The molecule has 0 bridgehead atoms. The smallest absolute Gasteiger partial charge is 0.338 e. The lowest BCUT2D eigenvalue weighted by atomic mass is 9.85. The second-order valence-electron chi connectivity index (χ2n) is 12.1. The van der Waals surface area contributed by atoms with Crippen LogP contribution >= 0.6 is 22.9 Å². The van der Waals surface area contributed by atoms with Crippen molar-refractivity contribution in [2.45, 2.75) is 38.3 Å². The van der Waals surface area contributed by atoms with Gasteiger partial charge in [0.25, 0.3) is 0 Å². The van der Waals surface area contributed by atoms with Gasteiger partial charge in [-0.05, 0) is 50.6 Å². The summed E-state index contributed by atoms with van der Waals surface area (Å²) < 4.78 is 19.5. The Morgan fingerprint density at radius 1 is 1.17 bits per heavy atom. The van der Waals surface area contributed by atoms with E-state index in [0.717, 1.165) is 0 Å². The molecule has 2 amide bonds. The summed E-state index contributed by atoms with van der Waals surface area (Å²) in [6, 6.07) is 10.0. The number of amidine groups is 1. The first-order valence-electron chi connectivity index (χ1n) is 15.2. The predicted octanol–water partition coefficient (Wildman–Crippen LogP) is 4.83. The minimum Gasteiger partial charge on any atom is -0.481 e.